The molecule has 0 radical (unpaired) electrons. The van der Waals surface area contributed by atoms with Crippen LogP contribution >= 0.6 is 0 Å². The number of ether oxygens (including phenoxy) is 2. The molecule has 0 bridgehead atoms. The minimum absolute atomic E-state index is 0.0528. The lowest BCUT2D eigenvalue weighted by Crippen LogP contribution is -2.33. The molecule has 13 heavy (non-hydrogen) atoms. The third kappa shape index (κ3) is 3.22. The van der Waals surface area contributed by atoms with Crippen LogP contribution in [0, 0.1) is 0 Å². The fraction of sp³-hybridized carbons (Fsp3) is 0.889. The molecule has 1 N–H and O–H groups in total. The van der Waals surface area contributed by atoms with Gasteiger partial charge in [-0.2, -0.15) is 0 Å². The predicted octanol–water partition coefficient (Wildman–Crippen LogP) is 1.30. The lowest BCUT2D eigenvalue weighted by Gasteiger charge is -2.27. The molecular formula is C9H17NO3. The van der Waals surface area contributed by atoms with Crippen LogP contribution in [0.25, 0.3) is 0 Å². The van der Waals surface area contributed by atoms with Gasteiger partial charge in [0.1, 0.15) is 6.10 Å². The van der Waals surface area contributed by atoms with Gasteiger partial charge >= 0.3 is 6.16 Å². The molecule has 0 aromatic carbocycles. The maximum atomic E-state index is 10.8. The van der Waals surface area contributed by atoms with Gasteiger partial charge in [-0.25, -0.2) is 4.79 Å². The van der Waals surface area contributed by atoms with Gasteiger partial charge in [-0.3, -0.25) is 0 Å². The van der Waals surface area contributed by atoms with Crippen LogP contribution in [0.15, 0.2) is 0 Å². The molecule has 0 unspecified atom stereocenters. The highest BCUT2D eigenvalue weighted by Crippen LogP contribution is 2.21. The first-order chi connectivity index (χ1) is 6.26. The van der Waals surface area contributed by atoms with Crippen molar-refractivity contribution in [2.24, 2.45) is 0 Å². The van der Waals surface area contributed by atoms with E-state index in [1.54, 1.807) is 0 Å². The second-order valence-electron chi connectivity index (χ2n) is 3.33. The highest BCUT2D eigenvalue weighted by molar-refractivity contribution is 5.59. The van der Waals surface area contributed by atoms with Crippen molar-refractivity contribution in [1.29, 1.82) is 0 Å². The number of hydrogen-bond donors (Lipinski definition) is 1. The van der Waals surface area contributed by atoms with Gasteiger partial charge in [0.05, 0.1) is 7.11 Å². The first-order valence-electron chi connectivity index (χ1n) is 4.68. The second kappa shape index (κ2) is 5.07. The summed E-state index contributed by atoms with van der Waals surface area (Å²) in [6, 6.07) is 0.581. The van der Waals surface area contributed by atoms with Crippen LogP contribution < -0.4 is 5.32 Å². The van der Waals surface area contributed by atoms with Crippen molar-refractivity contribution in [3.05, 3.63) is 0 Å². The molecular weight excluding hydrogens is 170 g/mol. The summed E-state index contributed by atoms with van der Waals surface area (Å²) in [4.78, 5) is 10.8. The van der Waals surface area contributed by atoms with E-state index in [0.717, 1.165) is 25.7 Å². The summed E-state index contributed by atoms with van der Waals surface area (Å²) in [5.74, 6) is 0. The summed E-state index contributed by atoms with van der Waals surface area (Å²) in [6.45, 7) is 0. The average Bonchev–Trinajstić information content (AvgIpc) is 2.19. The minimum atomic E-state index is -0.562. The fourth-order valence-corrected chi connectivity index (χ4v) is 1.65. The molecule has 0 aromatic heterocycles. The van der Waals surface area contributed by atoms with Crippen LogP contribution in [0.4, 0.5) is 4.79 Å². The van der Waals surface area contributed by atoms with Crippen LogP contribution in [0.2, 0.25) is 0 Å². The molecule has 0 aromatic rings. The second-order valence-corrected chi connectivity index (χ2v) is 3.33. The quantitative estimate of drug-likeness (QED) is 0.662. The van der Waals surface area contributed by atoms with Gasteiger partial charge in [0.15, 0.2) is 0 Å². The normalized spacial score (nSPS) is 28.2. The summed E-state index contributed by atoms with van der Waals surface area (Å²) in [5.41, 5.74) is 0. The Morgan fingerprint density at radius 2 is 1.92 bits per heavy atom. The topological polar surface area (TPSA) is 47.6 Å². The molecule has 1 saturated carbocycles. The number of hydrogen-bond acceptors (Lipinski definition) is 4. The van der Waals surface area contributed by atoms with Crippen molar-refractivity contribution in [2.45, 2.75) is 37.8 Å². The van der Waals surface area contributed by atoms with E-state index in [1.807, 2.05) is 7.05 Å². The third-order valence-electron chi connectivity index (χ3n) is 2.51. The lowest BCUT2D eigenvalue weighted by atomic mass is 9.93. The Morgan fingerprint density at radius 1 is 1.31 bits per heavy atom. The first kappa shape index (κ1) is 10.3. The molecule has 4 heteroatoms. The van der Waals surface area contributed by atoms with E-state index in [1.165, 1.54) is 7.11 Å². The Labute approximate surface area is 78.6 Å². The zero-order chi connectivity index (χ0) is 9.68. The van der Waals surface area contributed by atoms with Crippen molar-refractivity contribution >= 4 is 6.16 Å². The highest BCUT2D eigenvalue weighted by Gasteiger charge is 2.22. The molecule has 1 aliphatic carbocycles. The van der Waals surface area contributed by atoms with E-state index >= 15 is 0 Å². The largest absolute Gasteiger partial charge is 0.508 e. The average molecular weight is 187 g/mol. The van der Waals surface area contributed by atoms with Crippen molar-refractivity contribution in [3.8, 4) is 0 Å². The van der Waals surface area contributed by atoms with Gasteiger partial charge in [0.25, 0.3) is 0 Å². The Hall–Kier alpha value is -0.770. The van der Waals surface area contributed by atoms with Gasteiger partial charge < -0.3 is 14.8 Å². The number of nitrogens with one attached hydrogen (secondary N) is 1. The molecule has 1 aliphatic rings. The van der Waals surface area contributed by atoms with Gasteiger partial charge in [-0.1, -0.05) is 0 Å². The van der Waals surface area contributed by atoms with E-state index < -0.39 is 6.16 Å². The van der Waals surface area contributed by atoms with Gasteiger partial charge in [0.2, 0.25) is 0 Å². The van der Waals surface area contributed by atoms with E-state index in [-0.39, 0.29) is 6.10 Å². The molecule has 0 saturated heterocycles. The van der Waals surface area contributed by atoms with E-state index in [2.05, 4.69) is 10.1 Å². The van der Waals surface area contributed by atoms with Crippen molar-refractivity contribution < 1.29 is 14.3 Å². The zero-order valence-corrected chi connectivity index (χ0v) is 8.21. The molecule has 0 atom stereocenters. The SMILES string of the molecule is CN[C@H]1CC[C@H](OC(=O)OC)CC1. The third-order valence-corrected chi connectivity index (χ3v) is 2.51. The summed E-state index contributed by atoms with van der Waals surface area (Å²) < 4.78 is 9.47. The van der Waals surface area contributed by atoms with Crippen LogP contribution in [0.3, 0.4) is 0 Å². The predicted molar refractivity (Wildman–Crippen MR) is 48.6 cm³/mol. The Morgan fingerprint density at radius 3 is 2.38 bits per heavy atom. The molecule has 0 spiro atoms. The van der Waals surface area contributed by atoms with Crippen molar-refractivity contribution in [1.82, 2.24) is 5.32 Å². The molecule has 1 fully saturated rings. The zero-order valence-electron chi connectivity index (χ0n) is 8.21. The molecule has 4 nitrogen and oxygen atoms in total. The monoisotopic (exact) mass is 187 g/mol. The van der Waals surface area contributed by atoms with Gasteiger partial charge in [-0.15, -0.1) is 0 Å². The summed E-state index contributed by atoms with van der Waals surface area (Å²) >= 11 is 0. The van der Waals surface area contributed by atoms with Crippen LogP contribution in [0.5, 0.6) is 0 Å². The molecule has 76 valence electrons. The standard InChI is InChI=1S/C9H17NO3/c1-10-7-3-5-8(6-4-7)13-9(11)12-2/h7-8,10H,3-6H2,1-2H3/t7-,8-. The summed E-state index contributed by atoms with van der Waals surface area (Å²) in [6.07, 6.45) is 3.49. The minimum Gasteiger partial charge on any atom is -0.438 e. The Bertz CT molecular complexity index is 164. The Balaban J connectivity index is 2.21. The Kier molecular flexibility index (Phi) is 4.02. The number of methoxy groups -OCH3 is 1. The van der Waals surface area contributed by atoms with E-state index in [9.17, 15) is 4.79 Å². The van der Waals surface area contributed by atoms with Crippen LogP contribution in [-0.4, -0.2) is 32.5 Å². The van der Waals surface area contributed by atoms with E-state index in [0.29, 0.717) is 6.04 Å². The van der Waals surface area contributed by atoms with Crippen molar-refractivity contribution in [2.75, 3.05) is 14.2 Å². The number of carbonyl (C=O) groups excluding carboxylic acids is 1. The lowest BCUT2D eigenvalue weighted by molar-refractivity contribution is 0.0198. The number of rotatable bonds is 2. The van der Waals surface area contributed by atoms with Crippen LogP contribution in [-0.2, 0) is 9.47 Å². The van der Waals surface area contributed by atoms with Crippen molar-refractivity contribution in [3.63, 3.8) is 0 Å². The maximum Gasteiger partial charge on any atom is 0.508 e. The molecule has 0 heterocycles. The molecule has 0 aliphatic heterocycles. The molecule has 0 amide bonds. The molecule has 1 rings (SSSR count). The van der Waals surface area contributed by atoms with E-state index in [4.69, 9.17) is 4.74 Å². The maximum absolute atomic E-state index is 10.8. The van der Waals surface area contributed by atoms with Crippen LogP contribution in [0.1, 0.15) is 25.7 Å². The highest BCUT2D eigenvalue weighted by atomic mass is 16.7. The number of carbonyl (C=O) groups is 1. The first-order valence-corrected chi connectivity index (χ1v) is 4.68. The smallest absolute Gasteiger partial charge is 0.438 e. The summed E-state index contributed by atoms with van der Waals surface area (Å²) in [7, 11) is 3.30. The fourth-order valence-electron chi connectivity index (χ4n) is 1.65. The van der Waals surface area contributed by atoms with Gasteiger partial charge in [0, 0.05) is 6.04 Å². The summed E-state index contributed by atoms with van der Waals surface area (Å²) in [5, 5.41) is 3.22. The van der Waals surface area contributed by atoms with Gasteiger partial charge in [-0.05, 0) is 32.7 Å².